The molecule has 0 aliphatic heterocycles. The number of aromatic nitrogens is 4. The third-order valence-corrected chi connectivity index (χ3v) is 5.26. The van der Waals surface area contributed by atoms with Crippen LogP contribution in [-0.4, -0.2) is 45.8 Å². The van der Waals surface area contributed by atoms with Crippen molar-refractivity contribution in [2.75, 3.05) is 19.8 Å². The summed E-state index contributed by atoms with van der Waals surface area (Å²) in [5, 5.41) is 16.4. The minimum Gasteiger partial charge on any atom is -0.386 e. The molecular weight excluding hydrogens is 539 g/mol. The Balaban J connectivity index is 0.000000280. The zero-order valence-electron chi connectivity index (χ0n) is 19.8. The van der Waals surface area contributed by atoms with Gasteiger partial charge in [0.05, 0.1) is 24.8 Å². The van der Waals surface area contributed by atoms with Gasteiger partial charge in [0, 0.05) is 10.0 Å². The van der Waals surface area contributed by atoms with Crippen LogP contribution >= 0.6 is 35.6 Å². The third kappa shape index (κ3) is 10.8. The summed E-state index contributed by atoms with van der Waals surface area (Å²) in [6, 6.07) is 16.8. The molecule has 9 nitrogen and oxygen atoms in total. The number of hydrogen-bond donors (Lipinski definition) is 3. The van der Waals surface area contributed by atoms with Crippen molar-refractivity contribution in [1.29, 1.82) is 5.41 Å². The van der Waals surface area contributed by atoms with E-state index in [1.54, 1.807) is 6.07 Å². The van der Waals surface area contributed by atoms with Gasteiger partial charge in [-0.25, -0.2) is 4.98 Å². The highest BCUT2D eigenvalue weighted by Gasteiger charge is 2.05. The molecule has 2 heterocycles. The summed E-state index contributed by atoms with van der Waals surface area (Å²) in [6.45, 7) is 1.46. The number of nitrogens with two attached hydrogens (primary N) is 1. The lowest BCUT2D eigenvalue weighted by molar-refractivity contribution is 0.118. The van der Waals surface area contributed by atoms with Crippen LogP contribution in [0.4, 0.5) is 0 Å². The monoisotopic (exact) mass is 564 g/mol. The molecular formula is C25H27Cl3N6O3. The van der Waals surface area contributed by atoms with E-state index in [0.717, 1.165) is 29.0 Å². The van der Waals surface area contributed by atoms with Crippen LogP contribution in [0.3, 0.4) is 0 Å². The highest BCUT2D eigenvalue weighted by molar-refractivity contribution is 6.30. The van der Waals surface area contributed by atoms with Gasteiger partial charge in [-0.1, -0.05) is 47.5 Å². The molecule has 2 aromatic heterocycles. The largest absolute Gasteiger partial charge is 0.386 e. The molecule has 0 atom stereocenters. The Hall–Kier alpha value is -3.08. The van der Waals surface area contributed by atoms with Crippen LogP contribution in [-0.2, 0) is 28.9 Å². The second-order valence-electron chi connectivity index (χ2n) is 7.67. The van der Waals surface area contributed by atoms with Crippen LogP contribution < -0.4 is 11.3 Å². The van der Waals surface area contributed by atoms with Crippen molar-refractivity contribution in [1.82, 2.24) is 20.2 Å². The molecule has 196 valence electrons. The van der Waals surface area contributed by atoms with Gasteiger partial charge in [-0.05, 0) is 54.3 Å². The van der Waals surface area contributed by atoms with Crippen molar-refractivity contribution in [3.05, 3.63) is 98.1 Å². The molecule has 2 aromatic carbocycles. The molecule has 0 aliphatic carbocycles. The molecule has 0 radical (unpaired) electrons. The zero-order valence-corrected chi connectivity index (χ0v) is 22.2. The van der Waals surface area contributed by atoms with Crippen LogP contribution in [0.25, 0.3) is 11.0 Å². The van der Waals surface area contributed by atoms with Gasteiger partial charge in [0.25, 0.3) is 5.56 Å². The Bertz CT molecular complexity index is 1350. The first-order valence-electron chi connectivity index (χ1n) is 11.1. The summed E-state index contributed by atoms with van der Waals surface area (Å²) in [6.07, 6.45) is 2.98. The Morgan fingerprint density at radius 1 is 0.973 bits per heavy atom. The number of H-pyrrole nitrogens is 1. The van der Waals surface area contributed by atoms with E-state index < -0.39 is 0 Å². The molecule has 0 spiro atoms. The number of nitrogens with zero attached hydrogens (tertiary/aromatic N) is 3. The Labute approximate surface area is 230 Å². The molecule has 0 bridgehead atoms. The quantitative estimate of drug-likeness (QED) is 0.147. The second kappa shape index (κ2) is 15.9. The van der Waals surface area contributed by atoms with E-state index in [9.17, 15) is 4.79 Å². The molecule has 4 N–H and O–H groups in total. The Kier molecular flexibility index (Phi) is 13.0. The number of ether oxygens (including phenoxy) is 2. The summed E-state index contributed by atoms with van der Waals surface area (Å²) >= 11 is 11.7. The van der Waals surface area contributed by atoms with E-state index in [4.69, 9.17) is 43.8 Å². The average Bonchev–Trinajstić information content (AvgIpc) is 2.85. The van der Waals surface area contributed by atoms with Crippen molar-refractivity contribution in [3.63, 3.8) is 0 Å². The van der Waals surface area contributed by atoms with Gasteiger partial charge in [-0.2, -0.15) is 5.10 Å². The molecule has 0 aliphatic rings. The van der Waals surface area contributed by atoms with Gasteiger partial charge in [-0.3, -0.25) is 10.2 Å². The predicted octanol–water partition coefficient (Wildman–Crippen LogP) is 4.38. The fraction of sp³-hybridized carbons (Fsp3) is 0.240. The standard InChI is InChI=1S/C15H13ClN4O2.C10H13ClN2O.ClH/c16-11-3-1-2-10(8-11)5-7-22-9-13-18-14-12(15(21)19-13)4-6-17-20-14;11-9-3-1-2-8(6-9)4-5-14-7-10(12)13;/h1-4,6,8H,5,7,9H2,(H,18,19,20,21);1-3,6H,4-5,7H2,(H3,12,13);1H. The van der Waals surface area contributed by atoms with E-state index in [1.807, 2.05) is 48.5 Å². The number of aromatic amines is 1. The SMILES string of the molecule is Cl.N=C(N)COCCc1cccc(Cl)c1.O=c1[nH]c(COCCc2cccc(Cl)c2)nc2nnccc12. The number of fused-ring (bicyclic) bond motifs is 1. The van der Waals surface area contributed by atoms with Gasteiger partial charge in [-0.15, -0.1) is 17.5 Å². The molecule has 0 unspecified atom stereocenters. The topological polar surface area (TPSA) is 140 Å². The van der Waals surface area contributed by atoms with Gasteiger partial charge >= 0.3 is 0 Å². The van der Waals surface area contributed by atoms with Crippen LogP contribution in [0.15, 0.2) is 65.6 Å². The number of hydrogen-bond acceptors (Lipinski definition) is 7. The third-order valence-electron chi connectivity index (χ3n) is 4.79. The Morgan fingerprint density at radius 3 is 2.19 bits per heavy atom. The fourth-order valence-corrected chi connectivity index (χ4v) is 3.55. The number of rotatable bonds is 10. The van der Waals surface area contributed by atoms with Gasteiger partial charge < -0.3 is 20.2 Å². The molecule has 12 heteroatoms. The van der Waals surface area contributed by atoms with E-state index in [1.165, 1.54) is 6.20 Å². The first-order chi connectivity index (χ1) is 17.4. The van der Waals surface area contributed by atoms with E-state index in [2.05, 4.69) is 20.2 Å². The van der Waals surface area contributed by atoms with Crippen molar-refractivity contribution >= 4 is 52.5 Å². The number of amidine groups is 1. The highest BCUT2D eigenvalue weighted by Crippen LogP contribution is 2.12. The van der Waals surface area contributed by atoms with Crippen LogP contribution in [0.2, 0.25) is 10.0 Å². The molecule has 0 fully saturated rings. The fourth-order valence-electron chi connectivity index (χ4n) is 3.12. The summed E-state index contributed by atoms with van der Waals surface area (Å²) in [5.74, 6) is 0.486. The van der Waals surface area contributed by atoms with Crippen molar-refractivity contribution < 1.29 is 9.47 Å². The number of halogens is 3. The minimum atomic E-state index is -0.242. The number of benzene rings is 2. The predicted molar refractivity (Wildman–Crippen MR) is 148 cm³/mol. The molecule has 0 saturated heterocycles. The second-order valence-corrected chi connectivity index (χ2v) is 8.54. The van der Waals surface area contributed by atoms with E-state index in [0.29, 0.717) is 35.1 Å². The van der Waals surface area contributed by atoms with Crippen molar-refractivity contribution in [2.45, 2.75) is 19.4 Å². The van der Waals surface area contributed by atoms with Crippen LogP contribution in [0.5, 0.6) is 0 Å². The molecule has 0 amide bonds. The lowest BCUT2D eigenvalue weighted by Crippen LogP contribution is -2.18. The molecule has 37 heavy (non-hydrogen) atoms. The first-order valence-corrected chi connectivity index (χ1v) is 11.8. The lowest BCUT2D eigenvalue weighted by Gasteiger charge is -2.05. The molecule has 4 rings (SSSR count). The maximum atomic E-state index is 11.9. The molecule has 0 saturated carbocycles. The molecule has 4 aromatic rings. The smallest absolute Gasteiger partial charge is 0.260 e. The van der Waals surface area contributed by atoms with Gasteiger partial charge in [0.15, 0.2) is 5.65 Å². The van der Waals surface area contributed by atoms with E-state index in [-0.39, 0.29) is 37.0 Å². The van der Waals surface area contributed by atoms with Gasteiger partial charge in [0.2, 0.25) is 0 Å². The Morgan fingerprint density at radius 2 is 1.59 bits per heavy atom. The van der Waals surface area contributed by atoms with Gasteiger partial charge in [0.1, 0.15) is 24.9 Å². The van der Waals surface area contributed by atoms with Crippen molar-refractivity contribution in [2.24, 2.45) is 5.73 Å². The van der Waals surface area contributed by atoms with Crippen LogP contribution in [0.1, 0.15) is 17.0 Å². The van der Waals surface area contributed by atoms with Crippen LogP contribution in [0, 0.1) is 5.41 Å². The lowest BCUT2D eigenvalue weighted by atomic mass is 10.2. The average molecular weight is 566 g/mol. The highest BCUT2D eigenvalue weighted by atomic mass is 35.5. The van der Waals surface area contributed by atoms with Crippen molar-refractivity contribution in [3.8, 4) is 0 Å². The van der Waals surface area contributed by atoms with E-state index >= 15 is 0 Å². The summed E-state index contributed by atoms with van der Waals surface area (Å²) < 4.78 is 10.7. The summed E-state index contributed by atoms with van der Waals surface area (Å²) in [4.78, 5) is 18.8. The zero-order chi connectivity index (χ0) is 25.8. The minimum absolute atomic E-state index is 0. The number of nitrogens with one attached hydrogen (secondary N) is 2. The summed E-state index contributed by atoms with van der Waals surface area (Å²) in [7, 11) is 0. The summed E-state index contributed by atoms with van der Waals surface area (Å²) in [5.41, 5.74) is 7.43. The normalized spacial score (nSPS) is 10.3. The maximum absolute atomic E-state index is 11.9. The maximum Gasteiger partial charge on any atom is 0.260 e. The first kappa shape index (κ1) is 30.1.